The molecule has 0 spiro atoms. The minimum atomic E-state index is -4.29. The second-order valence-electron chi connectivity index (χ2n) is 3.83. The maximum Gasteiger partial charge on any atom is 0.411 e. The van der Waals surface area contributed by atoms with Crippen LogP contribution in [0.25, 0.3) is 10.9 Å². The van der Waals surface area contributed by atoms with Gasteiger partial charge in [-0.15, -0.1) is 0 Å². The van der Waals surface area contributed by atoms with Gasteiger partial charge < -0.3 is 10.1 Å². The molecule has 0 fully saturated rings. The summed E-state index contributed by atoms with van der Waals surface area (Å²) in [5.74, 6) is 0.584. The second kappa shape index (κ2) is 5.83. The van der Waals surface area contributed by atoms with Crippen molar-refractivity contribution in [2.24, 2.45) is 0 Å². The Bertz CT molecular complexity index is 540. The van der Waals surface area contributed by atoms with E-state index < -0.39 is 12.8 Å². The van der Waals surface area contributed by atoms with Gasteiger partial charge in [-0.1, -0.05) is 12.1 Å². The highest BCUT2D eigenvalue weighted by atomic mass is 19.4. The van der Waals surface area contributed by atoms with Gasteiger partial charge in [0.2, 0.25) is 0 Å². The molecule has 0 aliphatic rings. The summed E-state index contributed by atoms with van der Waals surface area (Å²) in [6, 6.07) is 7.37. The molecule has 1 aromatic carbocycles. The molecule has 0 radical (unpaired) electrons. The van der Waals surface area contributed by atoms with E-state index in [0.717, 1.165) is 10.9 Å². The van der Waals surface area contributed by atoms with Crippen molar-refractivity contribution in [2.75, 3.05) is 25.1 Å². The van der Waals surface area contributed by atoms with Gasteiger partial charge in [-0.3, -0.25) is 0 Å². The van der Waals surface area contributed by atoms with E-state index in [1.165, 1.54) is 6.33 Å². The van der Waals surface area contributed by atoms with Crippen LogP contribution in [0.4, 0.5) is 19.0 Å². The van der Waals surface area contributed by atoms with Crippen molar-refractivity contribution in [1.82, 2.24) is 9.97 Å². The van der Waals surface area contributed by atoms with Crippen LogP contribution >= 0.6 is 0 Å². The van der Waals surface area contributed by atoms with Crippen molar-refractivity contribution < 1.29 is 17.9 Å². The number of hydrogen-bond acceptors (Lipinski definition) is 4. The third-order valence-corrected chi connectivity index (χ3v) is 2.35. The Labute approximate surface area is 107 Å². The molecule has 0 unspecified atom stereocenters. The first-order valence-electron chi connectivity index (χ1n) is 5.64. The molecule has 7 heteroatoms. The van der Waals surface area contributed by atoms with Gasteiger partial charge in [0.05, 0.1) is 12.1 Å². The first-order chi connectivity index (χ1) is 9.06. The van der Waals surface area contributed by atoms with Crippen LogP contribution in [0.3, 0.4) is 0 Å². The van der Waals surface area contributed by atoms with Gasteiger partial charge in [0.1, 0.15) is 18.8 Å². The predicted molar refractivity (Wildman–Crippen MR) is 64.9 cm³/mol. The molecule has 102 valence electrons. The number of alkyl halides is 3. The van der Waals surface area contributed by atoms with Crippen molar-refractivity contribution in [3.63, 3.8) is 0 Å². The molecule has 0 aliphatic heterocycles. The Morgan fingerprint density at radius 1 is 1.16 bits per heavy atom. The van der Waals surface area contributed by atoms with E-state index in [-0.39, 0.29) is 13.2 Å². The maximum atomic E-state index is 11.8. The lowest BCUT2D eigenvalue weighted by Crippen LogP contribution is -2.20. The molecular formula is C12H12F3N3O. The first-order valence-corrected chi connectivity index (χ1v) is 5.64. The third kappa shape index (κ3) is 4.06. The maximum absolute atomic E-state index is 11.8. The third-order valence-electron chi connectivity index (χ3n) is 2.35. The molecule has 2 rings (SSSR count). The number of nitrogens with one attached hydrogen (secondary N) is 1. The lowest BCUT2D eigenvalue weighted by atomic mass is 10.2. The lowest BCUT2D eigenvalue weighted by Gasteiger charge is -2.10. The van der Waals surface area contributed by atoms with Crippen molar-refractivity contribution in [2.45, 2.75) is 6.18 Å². The smallest absolute Gasteiger partial charge is 0.370 e. The molecule has 4 nitrogen and oxygen atoms in total. The van der Waals surface area contributed by atoms with Crippen LogP contribution in [-0.4, -0.2) is 35.9 Å². The molecule has 0 saturated carbocycles. The SMILES string of the molecule is FC(F)(F)COCCNc1ncnc2ccccc12. The Hall–Kier alpha value is -1.89. The molecule has 19 heavy (non-hydrogen) atoms. The van der Waals surface area contributed by atoms with Crippen LogP contribution in [0.2, 0.25) is 0 Å². The topological polar surface area (TPSA) is 47.0 Å². The average Bonchev–Trinajstić information content (AvgIpc) is 2.37. The fourth-order valence-electron chi connectivity index (χ4n) is 1.58. The van der Waals surface area contributed by atoms with Gasteiger partial charge in [-0.25, -0.2) is 9.97 Å². The van der Waals surface area contributed by atoms with Crippen LogP contribution in [-0.2, 0) is 4.74 Å². The van der Waals surface area contributed by atoms with E-state index in [4.69, 9.17) is 0 Å². The number of halogens is 3. The predicted octanol–water partition coefficient (Wildman–Crippen LogP) is 2.62. The van der Waals surface area contributed by atoms with Crippen LogP contribution in [0, 0.1) is 0 Å². The van der Waals surface area contributed by atoms with Gasteiger partial charge in [-0.2, -0.15) is 13.2 Å². The minimum Gasteiger partial charge on any atom is -0.370 e. The zero-order valence-electron chi connectivity index (χ0n) is 9.94. The summed E-state index contributed by atoms with van der Waals surface area (Å²) >= 11 is 0. The number of rotatable bonds is 5. The fraction of sp³-hybridized carbons (Fsp3) is 0.333. The fourth-order valence-corrected chi connectivity index (χ4v) is 1.58. The number of anilines is 1. The van der Waals surface area contributed by atoms with E-state index in [2.05, 4.69) is 20.0 Å². The molecule has 1 N–H and O–H groups in total. The highest BCUT2D eigenvalue weighted by Gasteiger charge is 2.27. The summed E-state index contributed by atoms with van der Waals surface area (Å²) in [4.78, 5) is 8.14. The molecule has 2 aromatic rings. The largest absolute Gasteiger partial charge is 0.411 e. The quantitative estimate of drug-likeness (QED) is 0.849. The van der Waals surface area contributed by atoms with Crippen LogP contribution in [0.5, 0.6) is 0 Å². The number of hydrogen-bond donors (Lipinski definition) is 1. The van der Waals surface area contributed by atoms with E-state index in [0.29, 0.717) is 5.82 Å². The number of para-hydroxylation sites is 1. The Balaban J connectivity index is 1.88. The molecule has 0 saturated heterocycles. The van der Waals surface area contributed by atoms with Gasteiger partial charge >= 0.3 is 6.18 Å². The molecule has 1 heterocycles. The summed E-state index contributed by atoms with van der Waals surface area (Å²) < 4.78 is 40.0. The van der Waals surface area contributed by atoms with Crippen LogP contribution in [0.15, 0.2) is 30.6 Å². The van der Waals surface area contributed by atoms with Crippen molar-refractivity contribution in [3.8, 4) is 0 Å². The standard InChI is InChI=1S/C12H12F3N3O/c13-12(14,15)7-19-6-5-16-11-9-3-1-2-4-10(9)17-8-18-11/h1-4,8H,5-7H2,(H,16,17,18). The van der Waals surface area contributed by atoms with Crippen molar-refractivity contribution >= 4 is 16.7 Å². The number of aromatic nitrogens is 2. The van der Waals surface area contributed by atoms with Crippen LogP contribution < -0.4 is 5.32 Å². The molecule has 1 aromatic heterocycles. The Kier molecular flexibility index (Phi) is 4.16. The van der Waals surface area contributed by atoms with Gasteiger partial charge in [0.25, 0.3) is 0 Å². The summed E-state index contributed by atoms with van der Waals surface area (Å²) in [6.07, 6.45) is -2.89. The summed E-state index contributed by atoms with van der Waals surface area (Å²) in [5.41, 5.74) is 0.774. The number of ether oxygens (including phenoxy) is 1. The number of nitrogens with zero attached hydrogens (tertiary/aromatic N) is 2. The van der Waals surface area contributed by atoms with Crippen LogP contribution in [0.1, 0.15) is 0 Å². The Morgan fingerprint density at radius 2 is 1.95 bits per heavy atom. The zero-order valence-corrected chi connectivity index (χ0v) is 9.94. The van der Waals surface area contributed by atoms with Gasteiger partial charge in [0, 0.05) is 11.9 Å². The zero-order chi connectivity index (χ0) is 13.7. The van der Waals surface area contributed by atoms with E-state index in [1.807, 2.05) is 24.3 Å². The van der Waals surface area contributed by atoms with E-state index in [1.54, 1.807) is 0 Å². The second-order valence-corrected chi connectivity index (χ2v) is 3.83. The van der Waals surface area contributed by atoms with Crippen molar-refractivity contribution in [3.05, 3.63) is 30.6 Å². The average molecular weight is 271 g/mol. The Morgan fingerprint density at radius 3 is 2.74 bits per heavy atom. The van der Waals surface area contributed by atoms with E-state index >= 15 is 0 Å². The molecule has 0 atom stereocenters. The van der Waals surface area contributed by atoms with Gasteiger partial charge in [-0.05, 0) is 12.1 Å². The summed E-state index contributed by atoms with van der Waals surface area (Å²) in [7, 11) is 0. The monoisotopic (exact) mass is 271 g/mol. The molecule has 0 aliphatic carbocycles. The number of fused-ring (bicyclic) bond motifs is 1. The highest BCUT2D eigenvalue weighted by molar-refractivity contribution is 5.88. The summed E-state index contributed by atoms with van der Waals surface area (Å²) in [6.45, 7) is -1.03. The first kappa shape index (κ1) is 13.5. The molecule has 0 bridgehead atoms. The van der Waals surface area contributed by atoms with E-state index in [9.17, 15) is 13.2 Å². The molecular weight excluding hydrogens is 259 g/mol. The molecule has 0 amide bonds. The minimum absolute atomic E-state index is 0.0438. The van der Waals surface area contributed by atoms with Crippen molar-refractivity contribution in [1.29, 1.82) is 0 Å². The number of benzene rings is 1. The normalized spacial score (nSPS) is 11.7. The summed E-state index contributed by atoms with van der Waals surface area (Å²) in [5, 5.41) is 3.75. The van der Waals surface area contributed by atoms with Gasteiger partial charge in [0.15, 0.2) is 0 Å². The lowest BCUT2D eigenvalue weighted by molar-refractivity contribution is -0.172. The highest BCUT2D eigenvalue weighted by Crippen LogP contribution is 2.18.